The molecule has 0 aliphatic carbocycles. The van der Waals surface area contributed by atoms with Crippen LogP contribution in [0.1, 0.15) is 24.0 Å². The van der Waals surface area contributed by atoms with Crippen molar-refractivity contribution in [3.63, 3.8) is 0 Å². The Labute approximate surface area is 114 Å². The summed E-state index contributed by atoms with van der Waals surface area (Å²) < 4.78 is 28.5. The second kappa shape index (κ2) is 6.07. The molecule has 1 fully saturated rings. The molecular formula is C13H22N2O3S. The Hall–Kier alpha value is -0.850. The normalized spacial score (nSPS) is 19.7. The van der Waals surface area contributed by atoms with Crippen LogP contribution >= 0.6 is 0 Å². The predicted molar refractivity (Wildman–Crippen MR) is 74.8 cm³/mol. The Kier molecular flexibility index (Phi) is 4.65. The number of sulfone groups is 1. The van der Waals surface area contributed by atoms with E-state index in [0.717, 1.165) is 24.6 Å². The van der Waals surface area contributed by atoms with E-state index in [-0.39, 0.29) is 11.5 Å². The highest BCUT2D eigenvalue weighted by molar-refractivity contribution is 7.91. The van der Waals surface area contributed by atoms with Crippen molar-refractivity contribution in [2.24, 2.45) is 0 Å². The van der Waals surface area contributed by atoms with Gasteiger partial charge >= 0.3 is 0 Å². The lowest BCUT2D eigenvalue weighted by Gasteiger charge is -2.25. The van der Waals surface area contributed by atoms with Gasteiger partial charge in [-0.2, -0.15) is 0 Å². The highest BCUT2D eigenvalue weighted by Crippen LogP contribution is 2.17. The van der Waals surface area contributed by atoms with E-state index in [1.807, 2.05) is 6.92 Å². The Balaban J connectivity index is 1.93. The van der Waals surface area contributed by atoms with Crippen molar-refractivity contribution in [3.8, 4) is 0 Å². The van der Waals surface area contributed by atoms with Crippen molar-refractivity contribution in [1.29, 1.82) is 0 Å². The molecule has 108 valence electrons. The average Bonchev–Trinajstić information content (AvgIpc) is 2.70. The van der Waals surface area contributed by atoms with Crippen molar-refractivity contribution in [3.05, 3.63) is 23.2 Å². The molecule has 6 heteroatoms. The molecule has 1 N–H and O–H groups in total. The fraction of sp³-hybridized carbons (Fsp3) is 0.692. The van der Waals surface area contributed by atoms with Gasteiger partial charge in [-0.3, -0.25) is 4.90 Å². The highest BCUT2D eigenvalue weighted by atomic mass is 32.2. The van der Waals surface area contributed by atoms with Crippen LogP contribution in [-0.4, -0.2) is 44.5 Å². The zero-order chi connectivity index (χ0) is 13.9. The van der Waals surface area contributed by atoms with Gasteiger partial charge < -0.3 is 9.73 Å². The SMILES string of the molecule is CCNCc1cc(CN2CCS(=O)(=O)CC2)oc1C. The van der Waals surface area contributed by atoms with Crippen LogP contribution in [0.5, 0.6) is 0 Å². The monoisotopic (exact) mass is 286 g/mol. The Morgan fingerprint density at radius 2 is 2.05 bits per heavy atom. The predicted octanol–water partition coefficient (Wildman–Crippen LogP) is 0.928. The molecule has 5 nitrogen and oxygen atoms in total. The molecule has 0 unspecified atom stereocenters. The molecule has 1 aromatic heterocycles. The van der Waals surface area contributed by atoms with Crippen molar-refractivity contribution >= 4 is 9.84 Å². The number of nitrogens with one attached hydrogen (secondary N) is 1. The zero-order valence-corrected chi connectivity index (χ0v) is 12.4. The maximum atomic E-state index is 11.4. The van der Waals surface area contributed by atoms with E-state index in [9.17, 15) is 8.42 Å². The van der Waals surface area contributed by atoms with E-state index >= 15 is 0 Å². The van der Waals surface area contributed by atoms with Crippen LogP contribution in [0.3, 0.4) is 0 Å². The molecule has 19 heavy (non-hydrogen) atoms. The second-order valence-electron chi connectivity index (χ2n) is 5.00. The minimum atomic E-state index is -2.81. The summed E-state index contributed by atoms with van der Waals surface area (Å²) in [6, 6.07) is 2.07. The lowest BCUT2D eigenvalue weighted by molar-refractivity contribution is 0.260. The fourth-order valence-corrected chi connectivity index (χ4v) is 3.51. The summed E-state index contributed by atoms with van der Waals surface area (Å²) in [5, 5.41) is 3.28. The van der Waals surface area contributed by atoms with Crippen molar-refractivity contribution in [2.45, 2.75) is 26.9 Å². The summed E-state index contributed by atoms with van der Waals surface area (Å²) in [6.45, 7) is 7.70. The molecule has 0 bridgehead atoms. The lowest BCUT2D eigenvalue weighted by atomic mass is 10.2. The first kappa shape index (κ1) is 14.6. The van der Waals surface area contributed by atoms with Crippen LogP contribution in [0.4, 0.5) is 0 Å². The molecule has 0 atom stereocenters. The zero-order valence-electron chi connectivity index (χ0n) is 11.6. The fourth-order valence-electron chi connectivity index (χ4n) is 2.23. The Bertz CT molecular complexity index is 508. The van der Waals surface area contributed by atoms with Crippen LogP contribution in [0.2, 0.25) is 0 Å². The molecule has 1 aromatic rings. The molecule has 1 aliphatic heterocycles. The van der Waals surface area contributed by atoms with Crippen molar-refractivity contribution in [2.75, 3.05) is 31.1 Å². The number of aryl methyl sites for hydroxylation is 1. The standard InChI is InChI=1S/C13H22N2O3S/c1-3-14-9-12-8-13(18-11(12)2)10-15-4-6-19(16,17)7-5-15/h8,14H,3-7,9-10H2,1-2H3. The number of hydrogen-bond donors (Lipinski definition) is 1. The Morgan fingerprint density at radius 3 is 2.68 bits per heavy atom. The molecule has 1 saturated heterocycles. The molecule has 2 heterocycles. The van der Waals surface area contributed by atoms with Gasteiger partial charge in [-0.1, -0.05) is 6.92 Å². The third kappa shape index (κ3) is 4.06. The largest absolute Gasteiger partial charge is 0.465 e. The van der Waals surface area contributed by atoms with E-state index in [4.69, 9.17) is 4.42 Å². The topological polar surface area (TPSA) is 62.6 Å². The van der Waals surface area contributed by atoms with Crippen LogP contribution in [-0.2, 0) is 22.9 Å². The minimum absolute atomic E-state index is 0.261. The van der Waals surface area contributed by atoms with Crippen LogP contribution < -0.4 is 5.32 Å². The van der Waals surface area contributed by atoms with Gasteiger partial charge in [0.05, 0.1) is 18.1 Å². The molecule has 0 saturated carbocycles. The van der Waals surface area contributed by atoms with Gasteiger partial charge in [-0.05, 0) is 19.5 Å². The van der Waals surface area contributed by atoms with Gasteiger partial charge in [0.15, 0.2) is 9.84 Å². The lowest BCUT2D eigenvalue weighted by Crippen LogP contribution is -2.39. The highest BCUT2D eigenvalue weighted by Gasteiger charge is 2.22. The summed E-state index contributed by atoms with van der Waals surface area (Å²) >= 11 is 0. The molecule has 1 aliphatic rings. The van der Waals surface area contributed by atoms with Crippen LogP contribution in [0, 0.1) is 6.92 Å². The molecule has 2 rings (SSSR count). The maximum absolute atomic E-state index is 11.4. The first-order chi connectivity index (χ1) is 9.00. The van der Waals surface area contributed by atoms with Crippen molar-refractivity contribution < 1.29 is 12.8 Å². The Morgan fingerprint density at radius 1 is 1.37 bits per heavy atom. The molecule has 0 aromatic carbocycles. The first-order valence-corrected chi connectivity index (χ1v) is 8.54. The molecule has 0 amide bonds. The number of rotatable bonds is 5. The summed E-state index contributed by atoms with van der Waals surface area (Å²) in [5.74, 6) is 2.39. The van der Waals surface area contributed by atoms with Crippen LogP contribution in [0.25, 0.3) is 0 Å². The summed E-state index contributed by atoms with van der Waals surface area (Å²) in [5.41, 5.74) is 1.18. The molecular weight excluding hydrogens is 264 g/mol. The van der Waals surface area contributed by atoms with Gasteiger partial charge in [0.1, 0.15) is 11.5 Å². The molecule has 0 spiro atoms. The maximum Gasteiger partial charge on any atom is 0.152 e. The van der Waals surface area contributed by atoms with E-state index in [1.165, 1.54) is 5.56 Å². The third-order valence-corrected chi connectivity index (χ3v) is 5.06. The van der Waals surface area contributed by atoms with Crippen molar-refractivity contribution in [1.82, 2.24) is 10.2 Å². The second-order valence-corrected chi connectivity index (χ2v) is 7.31. The van der Waals surface area contributed by atoms with Gasteiger partial charge in [0.2, 0.25) is 0 Å². The third-order valence-electron chi connectivity index (χ3n) is 3.45. The van der Waals surface area contributed by atoms with E-state index < -0.39 is 9.84 Å². The summed E-state index contributed by atoms with van der Waals surface area (Å²) in [6.07, 6.45) is 0. The quantitative estimate of drug-likeness (QED) is 0.872. The van der Waals surface area contributed by atoms with Gasteiger partial charge in [0, 0.05) is 25.2 Å². The summed E-state index contributed by atoms with van der Waals surface area (Å²) in [7, 11) is -2.81. The number of furan rings is 1. The van der Waals surface area contributed by atoms with Gasteiger partial charge in [0.25, 0.3) is 0 Å². The summed E-state index contributed by atoms with van der Waals surface area (Å²) in [4.78, 5) is 2.14. The first-order valence-electron chi connectivity index (χ1n) is 6.72. The van der Waals surface area contributed by atoms with Gasteiger partial charge in [-0.25, -0.2) is 8.42 Å². The molecule has 0 radical (unpaired) electrons. The minimum Gasteiger partial charge on any atom is -0.465 e. The average molecular weight is 286 g/mol. The van der Waals surface area contributed by atoms with E-state index in [1.54, 1.807) is 0 Å². The van der Waals surface area contributed by atoms with E-state index in [0.29, 0.717) is 19.6 Å². The smallest absolute Gasteiger partial charge is 0.152 e. The van der Waals surface area contributed by atoms with E-state index in [2.05, 4.69) is 23.2 Å². The van der Waals surface area contributed by atoms with Gasteiger partial charge in [-0.15, -0.1) is 0 Å². The van der Waals surface area contributed by atoms with Crippen LogP contribution in [0.15, 0.2) is 10.5 Å². The number of nitrogens with zero attached hydrogens (tertiary/aromatic N) is 1. The number of hydrogen-bond acceptors (Lipinski definition) is 5.